The van der Waals surface area contributed by atoms with Gasteiger partial charge in [-0.2, -0.15) is 0 Å². The SMILES string of the molecule is CC1(N)C=Cc2ccccc2O1. The molecule has 0 radical (unpaired) electrons. The van der Waals surface area contributed by atoms with Gasteiger partial charge in [0.25, 0.3) is 0 Å². The minimum Gasteiger partial charge on any atom is -0.469 e. The van der Waals surface area contributed by atoms with Crippen LogP contribution in [0.1, 0.15) is 12.5 Å². The lowest BCUT2D eigenvalue weighted by Gasteiger charge is -2.27. The Labute approximate surface area is 71.6 Å². The highest BCUT2D eigenvalue weighted by molar-refractivity contribution is 5.60. The number of hydrogen-bond acceptors (Lipinski definition) is 2. The van der Waals surface area contributed by atoms with Gasteiger partial charge in [0.2, 0.25) is 0 Å². The van der Waals surface area contributed by atoms with Crippen LogP contribution in [-0.2, 0) is 0 Å². The fourth-order valence-corrected chi connectivity index (χ4v) is 1.24. The minimum absolute atomic E-state index is 0.658. The molecule has 2 heteroatoms. The number of benzene rings is 1. The smallest absolute Gasteiger partial charge is 0.175 e. The topological polar surface area (TPSA) is 35.2 Å². The van der Waals surface area contributed by atoms with E-state index in [1.165, 1.54) is 0 Å². The molecule has 0 aliphatic carbocycles. The molecule has 0 bridgehead atoms. The highest BCUT2D eigenvalue weighted by Gasteiger charge is 2.20. The van der Waals surface area contributed by atoms with Crippen LogP contribution in [-0.4, -0.2) is 5.72 Å². The Morgan fingerprint density at radius 3 is 2.92 bits per heavy atom. The van der Waals surface area contributed by atoms with Gasteiger partial charge in [-0.3, -0.25) is 5.73 Å². The summed E-state index contributed by atoms with van der Waals surface area (Å²) in [6.07, 6.45) is 3.84. The first-order valence-corrected chi connectivity index (χ1v) is 3.93. The van der Waals surface area contributed by atoms with Crippen molar-refractivity contribution in [1.29, 1.82) is 0 Å². The Kier molecular flexibility index (Phi) is 1.45. The number of fused-ring (bicyclic) bond motifs is 1. The first kappa shape index (κ1) is 7.37. The molecule has 2 nitrogen and oxygen atoms in total. The van der Waals surface area contributed by atoms with Gasteiger partial charge in [-0.25, -0.2) is 0 Å². The Balaban J connectivity index is 2.46. The Hall–Kier alpha value is -1.28. The van der Waals surface area contributed by atoms with E-state index >= 15 is 0 Å². The predicted molar refractivity (Wildman–Crippen MR) is 48.7 cm³/mol. The van der Waals surface area contributed by atoms with Gasteiger partial charge in [-0.05, 0) is 25.1 Å². The molecular formula is C10H11NO. The standard InChI is InChI=1S/C10H11NO/c1-10(11)7-6-8-4-2-3-5-9(8)12-10/h2-7H,11H2,1H3. The predicted octanol–water partition coefficient (Wildman–Crippen LogP) is 1.77. The lowest BCUT2D eigenvalue weighted by atomic mass is 10.1. The molecule has 0 saturated carbocycles. The van der Waals surface area contributed by atoms with Gasteiger partial charge in [0, 0.05) is 5.56 Å². The van der Waals surface area contributed by atoms with E-state index in [1.54, 1.807) is 0 Å². The molecule has 1 aromatic rings. The van der Waals surface area contributed by atoms with Crippen LogP contribution in [0, 0.1) is 0 Å². The van der Waals surface area contributed by atoms with E-state index < -0.39 is 5.72 Å². The van der Waals surface area contributed by atoms with Crippen molar-refractivity contribution in [3.05, 3.63) is 35.9 Å². The molecule has 0 saturated heterocycles. The third kappa shape index (κ3) is 1.21. The minimum atomic E-state index is -0.658. The molecular weight excluding hydrogens is 150 g/mol. The highest BCUT2D eigenvalue weighted by atomic mass is 16.5. The van der Waals surface area contributed by atoms with Crippen molar-refractivity contribution >= 4 is 6.08 Å². The summed E-state index contributed by atoms with van der Waals surface area (Å²) >= 11 is 0. The van der Waals surface area contributed by atoms with Crippen molar-refractivity contribution in [3.8, 4) is 5.75 Å². The molecule has 12 heavy (non-hydrogen) atoms. The van der Waals surface area contributed by atoms with Crippen LogP contribution >= 0.6 is 0 Å². The van der Waals surface area contributed by atoms with Crippen molar-refractivity contribution in [2.45, 2.75) is 12.6 Å². The van der Waals surface area contributed by atoms with Crippen LogP contribution in [0.3, 0.4) is 0 Å². The molecule has 2 rings (SSSR count). The molecule has 1 heterocycles. The lowest BCUT2D eigenvalue weighted by molar-refractivity contribution is 0.146. The Morgan fingerprint density at radius 1 is 1.33 bits per heavy atom. The van der Waals surface area contributed by atoms with Gasteiger partial charge >= 0.3 is 0 Å². The van der Waals surface area contributed by atoms with Gasteiger partial charge in [-0.1, -0.05) is 18.2 Å². The second-order valence-corrected chi connectivity index (χ2v) is 3.16. The van der Waals surface area contributed by atoms with Crippen LogP contribution in [0.2, 0.25) is 0 Å². The fourth-order valence-electron chi connectivity index (χ4n) is 1.24. The molecule has 0 amide bonds. The summed E-state index contributed by atoms with van der Waals surface area (Å²) in [6, 6.07) is 7.84. The first-order chi connectivity index (χ1) is 5.67. The third-order valence-electron chi connectivity index (χ3n) is 1.84. The largest absolute Gasteiger partial charge is 0.469 e. The summed E-state index contributed by atoms with van der Waals surface area (Å²) in [5.41, 5.74) is 6.21. The zero-order valence-corrected chi connectivity index (χ0v) is 6.95. The molecule has 1 atom stereocenters. The van der Waals surface area contributed by atoms with Gasteiger partial charge in [0.05, 0.1) is 0 Å². The van der Waals surface area contributed by atoms with Crippen molar-refractivity contribution in [3.63, 3.8) is 0 Å². The summed E-state index contributed by atoms with van der Waals surface area (Å²) in [7, 11) is 0. The van der Waals surface area contributed by atoms with Gasteiger partial charge < -0.3 is 4.74 Å². The summed E-state index contributed by atoms with van der Waals surface area (Å²) < 4.78 is 5.51. The Morgan fingerprint density at radius 2 is 2.08 bits per heavy atom. The van der Waals surface area contributed by atoms with Gasteiger partial charge in [-0.15, -0.1) is 0 Å². The van der Waals surface area contributed by atoms with Crippen molar-refractivity contribution < 1.29 is 4.74 Å². The highest BCUT2D eigenvalue weighted by Crippen LogP contribution is 2.27. The van der Waals surface area contributed by atoms with E-state index in [-0.39, 0.29) is 0 Å². The summed E-state index contributed by atoms with van der Waals surface area (Å²) in [5, 5.41) is 0. The van der Waals surface area contributed by atoms with Crippen LogP contribution < -0.4 is 10.5 Å². The molecule has 2 N–H and O–H groups in total. The molecule has 1 unspecified atom stereocenters. The zero-order valence-electron chi connectivity index (χ0n) is 6.95. The number of ether oxygens (including phenoxy) is 1. The molecule has 0 aromatic heterocycles. The maximum Gasteiger partial charge on any atom is 0.175 e. The summed E-state index contributed by atoms with van der Waals surface area (Å²) in [5.74, 6) is 0.852. The van der Waals surface area contributed by atoms with Crippen LogP contribution in [0.5, 0.6) is 5.75 Å². The molecule has 1 aliphatic rings. The third-order valence-corrected chi connectivity index (χ3v) is 1.84. The number of hydrogen-bond donors (Lipinski definition) is 1. The summed E-state index contributed by atoms with van der Waals surface area (Å²) in [6.45, 7) is 1.83. The maximum absolute atomic E-state index is 5.78. The molecule has 0 spiro atoms. The van der Waals surface area contributed by atoms with E-state index in [2.05, 4.69) is 0 Å². The molecule has 0 fully saturated rings. The lowest BCUT2D eigenvalue weighted by Crippen LogP contribution is -2.41. The van der Waals surface area contributed by atoms with Crippen LogP contribution in [0.4, 0.5) is 0 Å². The second kappa shape index (κ2) is 2.35. The number of nitrogens with two attached hydrogens (primary N) is 1. The average Bonchev–Trinajstić information content (AvgIpc) is 2.02. The molecule has 1 aromatic carbocycles. The summed E-state index contributed by atoms with van der Waals surface area (Å²) in [4.78, 5) is 0. The molecule has 1 aliphatic heterocycles. The maximum atomic E-state index is 5.78. The quantitative estimate of drug-likeness (QED) is 0.629. The van der Waals surface area contributed by atoms with Crippen molar-refractivity contribution in [2.75, 3.05) is 0 Å². The van der Waals surface area contributed by atoms with E-state index in [9.17, 15) is 0 Å². The van der Waals surface area contributed by atoms with Crippen molar-refractivity contribution in [2.24, 2.45) is 5.73 Å². The Bertz CT molecular complexity index is 328. The van der Waals surface area contributed by atoms with Crippen LogP contribution in [0.25, 0.3) is 6.08 Å². The van der Waals surface area contributed by atoms with E-state index in [1.807, 2.05) is 43.3 Å². The van der Waals surface area contributed by atoms with E-state index in [0.717, 1.165) is 11.3 Å². The van der Waals surface area contributed by atoms with Crippen molar-refractivity contribution in [1.82, 2.24) is 0 Å². The monoisotopic (exact) mass is 161 g/mol. The van der Waals surface area contributed by atoms with E-state index in [4.69, 9.17) is 10.5 Å². The first-order valence-electron chi connectivity index (χ1n) is 3.93. The normalized spacial score (nSPS) is 26.2. The van der Waals surface area contributed by atoms with Gasteiger partial charge in [0.15, 0.2) is 5.72 Å². The average molecular weight is 161 g/mol. The molecule has 62 valence electrons. The fraction of sp³-hybridized carbons (Fsp3) is 0.200. The van der Waals surface area contributed by atoms with E-state index in [0.29, 0.717) is 0 Å². The van der Waals surface area contributed by atoms with Crippen LogP contribution in [0.15, 0.2) is 30.3 Å². The zero-order chi connectivity index (χ0) is 8.60. The number of para-hydroxylation sites is 1. The second-order valence-electron chi connectivity index (χ2n) is 3.16. The van der Waals surface area contributed by atoms with Gasteiger partial charge in [0.1, 0.15) is 5.75 Å². The number of rotatable bonds is 0.